The van der Waals surface area contributed by atoms with Crippen LogP contribution in [-0.4, -0.2) is 22.9 Å². The molecule has 0 unspecified atom stereocenters. The van der Waals surface area contributed by atoms with Crippen LogP contribution in [0.25, 0.3) is 0 Å². The molecule has 0 aromatic carbocycles. The Balaban J connectivity index is 2.22. The van der Waals surface area contributed by atoms with Gasteiger partial charge in [0.15, 0.2) is 5.96 Å². The molecule has 6 heteroatoms. The Morgan fingerprint density at radius 3 is 3.23 bits per heavy atom. The number of rotatable bonds is 4. The van der Waals surface area contributed by atoms with Gasteiger partial charge in [-0.1, -0.05) is 12.2 Å². The summed E-state index contributed by atoms with van der Waals surface area (Å²) >= 11 is 4.63. The van der Waals surface area contributed by atoms with Gasteiger partial charge in [0.05, 0.1) is 6.20 Å². The van der Waals surface area contributed by atoms with Crippen molar-refractivity contribution in [3.05, 3.63) is 12.5 Å². The standard InChI is InChI=1S/C7H10N4OS/c8-6(9-2-1-5-13)11-7-10-3-4-12-7/h3-5H,1-2H2,(H3,8,9,10,11). The zero-order valence-electron chi connectivity index (χ0n) is 6.91. The molecule has 13 heavy (non-hydrogen) atoms. The fraction of sp³-hybridized carbons (Fsp3) is 0.286. The molecule has 0 saturated heterocycles. The Morgan fingerprint density at radius 1 is 1.77 bits per heavy atom. The summed E-state index contributed by atoms with van der Waals surface area (Å²) < 4.78 is 4.88. The minimum atomic E-state index is 0.152. The third kappa shape index (κ3) is 3.66. The fourth-order valence-electron chi connectivity index (χ4n) is 0.692. The van der Waals surface area contributed by atoms with Crippen LogP contribution < -0.4 is 10.6 Å². The van der Waals surface area contributed by atoms with Crippen LogP contribution in [-0.2, 0) is 0 Å². The van der Waals surface area contributed by atoms with Crippen LogP contribution in [0.3, 0.4) is 0 Å². The normalized spacial score (nSPS) is 9.23. The number of hydrogen-bond acceptors (Lipinski definition) is 4. The predicted molar refractivity (Wildman–Crippen MR) is 54.1 cm³/mol. The number of aromatic nitrogens is 1. The third-order valence-corrected chi connectivity index (χ3v) is 1.46. The SMILES string of the molecule is N=C(NCCC=S)Nc1ncco1. The number of nitrogens with zero attached hydrogens (tertiary/aromatic N) is 1. The largest absolute Gasteiger partial charge is 0.432 e. The van der Waals surface area contributed by atoms with Crippen molar-refractivity contribution < 1.29 is 4.42 Å². The van der Waals surface area contributed by atoms with Gasteiger partial charge in [-0.3, -0.25) is 10.7 Å². The van der Waals surface area contributed by atoms with E-state index >= 15 is 0 Å². The summed E-state index contributed by atoms with van der Waals surface area (Å²) in [5.74, 6) is 0.152. The quantitative estimate of drug-likeness (QED) is 0.291. The molecule has 0 amide bonds. The number of nitrogens with one attached hydrogen (secondary N) is 3. The van der Waals surface area contributed by atoms with Gasteiger partial charge in [-0.25, -0.2) is 4.98 Å². The van der Waals surface area contributed by atoms with Crippen LogP contribution in [0.15, 0.2) is 16.9 Å². The fourth-order valence-corrected chi connectivity index (χ4v) is 0.810. The minimum absolute atomic E-state index is 0.152. The summed E-state index contributed by atoms with van der Waals surface area (Å²) in [5.41, 5.74) is 0. The van der Waals surface area contributed by atoms with E-state index in [9.17, 15) is 0 Å². The van der Waals surface area contributed by atoms with Crippen LogP contribution in [0.2, 0.25) is 0 Å². The molecule has 0 aliphatic carbocycles. The first kappa shape index (κ1) is 9.66. The Morgan fingerprint density at radius 2 is 2.62 bits per heavy atom. The molecule has 0 aliphatic rings. The van der Waals surface area contributed by atoms with E-state index in [4.69, 9.17) is 9.83 Å². The molecule has 3 N–H and O–H groups in total. The second-order valence-corrected chi connectivity index (χ2v) is 2.55. The highest BCUT2D eigenvalue weighted by Gasteiger charge is 1.98. The molecule has 0 saturated carbocycles. The van der Waals surface area contributed by atoms with Gasteiger partial charge in [0.1, 0.15) is 6.26 Å². The molecule has 0 spiro atoms. The van der Waals surface area contributed by atoms with Crippen molar-refractivity contribution in [2.45, 2.75) is 6.42 Å². The molecule has 0 fully saturated rings. The van der Waals surface area contributed by atoms with Gasteiger partial charge >= 0.3 is 6.01 Å². The number of oxazole rings is 1. The summed E-state index contributed by atoms with van der Waals surface area (Å²) in [4.78, 5) is 3.80. The first-order valence-corrected chi connectivity index (χ1v) is 4.22. The lowest BCUT2D eigenvalue weighted by atomic mass is 10.5. The first-order valence-electron chi connectivity index (χ1n) is 3.75. The molecule has 1 aromatic heterocycles. The van der Waals surface area contributed by atoms with E-state index in [1.807, 2.05) is 0 Å². The Bertz CT molecular complexity index is 272. The Labute approximate surface area is 81.0 Å². The van der Waals surface area contributed by atoms with Crippen LogP contribution in [0.1, 0.15) is 6.42 Å². The molecule has 1 heterocycles. The van der Waals surface area contributed by atoms with Crippen LogP contribution >= 0.6 is 12.2 Å². The highest BCUT2D eigenvalue weighted by molar-refractivity contribution is 7.78. The zero-order valence-corrected chi connectivity index (χ0v) is 7.73. The van der Waals surface area contributed by atoms with E-state index in [2.05, 4.69) is 27.8 Å². The maximum Gasteiger partial charge on any atom is 0.301 e. The van der Waals surface area contributed by atoms with Crippen molar-refractivity contribution in [3.63, 3.8) is 0 Å². The maximum absolute atomic E-state index is 7.37. The number of hydrogen-bond donors (Lipinski definition) is 3. The number of thiocarbonyl (C=S) groups is 1. The van der Waals surface area contributed by atoms with Gasteiger partial charge in [0, 0.05) is 6.54 Å². The van der Waals surface area contributed by atoms with E-state index in [0.717, 1.165) is 6.42 Å². The lowest BCUT2D eigenvalue weighted by Crippen LogP contribution is -2.30. The van der Waals surface area contributed by atoms with Gasteiger partial charge in [-0.05, 0) is 11.8 Å². The second-order valence-electron chi connectivity index (χ2n) is 2.22. The van der Waals surface area contributed by atoms with Crippen LogP contribution in [0.5, 0.6) is 0 Å². The van der Waals surface area contributed by atoms with E-state index < -0.39 is 0 Å². The topological polar surface area (TPSA) is 73.9 Å². The highest BCUT2D eigenvalue weighted by atomic mass is 32.1. The van der Waals surface area contributed by atoms with Crippen LogP contribution in [0, 0.1) is 5.41 Å². The Hall–Kier alpha value is -1.43. The Kier molecular flexibility index (Phi) is 3.90. The number of anilines is 1. The second kappa shape index (κ2) is 5.26. The van der Waals surface area contributed by atoms with Crippen LogP contribution in [0.4, 0.5) is 6.01 Å². The summed E-state index contributed by atoms with van der Waals surface area (Å²) in [6, 6.07) is 0.305. The third-order valence-electron chi connectivity index (χ3n) is 1.23. The smallest absolute Gasteiger partial charge is 0.301 e. The molecule has 0 radical (unpaired) electrons. The molecule has 0 atom stereocenters. The average molecular weight is 198 g/mol. The summed E-state index contributed by atoms with van der Waals surface area (Å²) in [7, 11) is 0. The van der Waals surface area contributed by atoms with Crippen molar-refractivity contribution in [3.8, 4) is 0 Å². The van der Waals surface area contributed by atoms with Gasteiger partial charge < -0.3 is 9.73 Å². The van der Waals surface area contributed by atoms with Gasteiger partial charge in [0.2, 0.25) is 0 Å². The summed E-state index contributed by atoms with van der Waals surface area (Å²) in [6.07, 6.45) is 3.68. The van der Waals surface area contributed by atoms with Crippen molar-refractivity contribution in [1.82, 2.24) is 10.3 Å². The van der Waals surface area contributed by atoms with Gasteiger partial charge in [-0.15, -0.1) is 0 Å². The van der Waals surface area contributed by atoms with E-state index in [0.29, 0.717) is 12.6 Å². The maximum atomic E-state index is 7.37. The van der Waals surface area contributed by atoms with Crippen molar-refractivity contribution >= 4 is 29.6 Å². The molecule has 1 rings (SSSR count). The number of guanidine groups is 1. The van der Waals surface area contributed by atoms with Gasteiger partial charge in [-0.2, -0.15) is 0 Å². The van der Waals surface area contributed by atoms with Crippen molar-refractivity contribution in [1.29, 1.82) is 5.41 Å². The molecular formula is C7H10N4OS. The van der Waals surface area contributed by atoms with E-state index in [1.165, 1.54) is 12.5 Å². The molecule has 1 aromatic rings. The molecule has 0 aliphatic heterocycles. The highest BCUT2D eigenvalue weighted by Crippen LogP contribution is 1.99. The average Bonchev–Trinajstić information content (AvgIpc) is 2.57. The lowest BCUT2D eigenvalue weighted by molar-refractivity contribution is 0.578. The molecular weight excluding hydrogens is 188 g/mol. The molecule has 0 bridgehead atoms. The predicted octanol–water partition coefficient (Wildman–Crippen LogP) is 1.00. The monoisotopic (exact) mass is 198 g/mol. The minimum Gasteiger partial charge on any atom is -0.432 e. The van der Waals surface area contributed by atoms with E-state index in [-0.39, 0.29) is 5.96 Å². The van der Waals surface area contributed by atoms with Gasteiger partial charge in [0.25, 0.3) is 0 Å². The van der Waals surface area contributed by atoms with E-state index in [1.54, 1.807) is 5.37 Å². The molecule has 70 valence electrons. The summed E-state index contributed by atoms with van der Waals surface area (Å²) in [5, 5.41) is 14.4. The summed E-state index contributed by atoms with van der Waals surface area (Å²) in [6.45, 7) is 0.635. The van der Waals surface area contributed by atoms with Crippen molar-refractivity contribution in [2.24, 2.45) is 0 Å². The first-order chi connectivity index (χ1) is 6.33. The lowest BCUT2D eigenvalue weighted by Gasteiger charge is -2.04. The van der Waals surface area contributed by atoms with Crippen molar-refractivity contribution in [2.75, 3.05) is 11.9 Å². The molecule has 5 nitrogen and oxygen atoms in total. The zero-order chi connectivity index (χ0) is 9.52.